The van der Waals surface area contributed by atoms with E-state index < -0.39 is 24.7 Å². The Bertz CT molecular complexity index is 653. The lowest BCUT2D eigenvalue weighted by molar-refractivity contribution is 0.0938. The maximum atomic E-state index is 6.97. The summed E-state index contributed by atoms with van der Waals surface area (Å²) in [6, 6.07) is 0. The molecule has 0 unspecified atom stereocenters. The highest BCUT2D eigenvalue weighted by atomic mass is 28.4. The summed E-state index contributed by atoms with van der Waals surface area (Å²) in [6.45, 7) is 36.2. The number of rotatable bonds is 7. The first-order valence-electron chi connectivity index (χ1n) is 11.7. The molecule has 0 fully saturated rings. The van der Waals surface area contributed by atoms with E-state index in [-0.39, 0.29) is 21.6 Å². The Kier molecular flexibility index (Phi) is 8.21. The average Bonchev–Trinajstić information content (AvgIpc) is 2.72. The van der Waals surface area contributed by atoms with Gasteiger partial charge in [-0.25, -0.2) is 0 Å². The number of hydrogen-bond donors (Lipinski definition) is 0. The Labute approximate surface area is 192 Å². The molecule has 2 nitrogen and oxygen atoms in total. The van der Waals surface area contributed by atoms with Crippen molar-refractivity contribution in [1.82, 2.24) is 0 Å². The molecule has 30 heavy (non-hydrogen) atoms. The van der Waals surface area contributed by atoms with Crippen molar-refractivity contribution in [3.8, 4) is 0 Å². The second kappa shape index (κ2) is 8.77. The van der Waals surface area contributed by atoms with Crippen LogP contribution in [-0.2, 0) is 8.85 Å². The van der Waals surface area contributed by atoms with Gasteiger partial charge in [0, 0.05) is 11.3 Å². The van der Waals surface area contributed by atoms with Gasteiger partial charge in [0.25, 0.3) is 0 Å². The Hall–Kier alpha value is 0.0506. The van der Waals surface area contributed by atoms with Crippen molar-refractivity contribution < 1.29 is 8.85 Å². The molecule has 0 saturated carbocycles. The molecule has 0 saturated heterocycles. The zero-order valence-corrected chi connectivity index (χ0v) is 25.9. The second-order valence-electron chi connectivity index (χ2n) is 14.0. The van der Waals surface area contributed by atoms with E-state index in [2.05, 4.69) is 119 Å². The molecule has 0 aromatic heterocycles. The Morgan fingerprint density at radius 3 is 1.73 bits per heavy atom. The molecular weight excluding hydrogens is 417 g/mol. The zero-order valence-electron chi connectivity index (χ0n) is 22.9. The summed E-state index contributed by atoms with van der Waals surface area (Å²) in [6.07, 6.45) is 7.43. The largest absolute Gasteiger partial charge is 0.413 e. The predicted molar refractivity (Wildman–Crippen MR) is 143 cm³/mol. The van der Waals surface area contributed by atoms with Crippen LogP contribution in [0.15, 0.2) is 23.4 Å². The molecule has 0 radical (unpaired) electrons. The summed E-state index contributed by atoms with van der Waals surface area (Å²) in [5.74, 6) is 0.432. The zero-order chi connectivity index (χ0) is 24.0. The van der Waals surface area contributed by atoms with Crippen LogP contribution < -0.4 is 0 Å². The minimum Gasteiger partial charge on any atom is -0.413 e. The maximum Gasteiger partial charge on any atom is 0.192 e. The van der Waals surface area contributed by atoms with Crippen molar-refractivity contribution in [2.24, 2.45) is 11.3 Å². The fourth-order valence-corrected chi connectivity index (χ4v) is 7.83. The first-order valence-corrected chi connectivity index (χ1v) is 21.1. The van der Waals surface area contributed by atoms with Gasteiger partial charge in [0.1, 0.15) is 0 Å². The molecule has 0 heterocycles. The van der Waals surface area contributed by atoms with Crippen molar-refractivity contribution in [1.29, 1.82) is 0 Å². The molecule has 5 heteroatoms. The third kappa shape index (κ3) is 6.31. The second-order valence-corrected chi connectivity index (χ2v) is 28.6. The van der Waals surface area contributed by atoms with Gasteiger partial charge >= 0.3 is 0 Å². The fourth-order valence-electron chi connectivity index (χ4n) is 3.47. The van der Waals surface area contributed by atoms with Crippen molar-refractivity contribution in [2.45, 2.75) is 117 Å². The highest BCUT2D eigenvalue weighted by molar-refractivity contribution is 6.83. The van der Waals surface area contributed by atoms with E-state index in [1.54, 1.807) is 5.20 Å². The number of allylic oxidation sites excluding steroid dienone is 2. The van der Waals surface area contributed by atoms with E-state index in [1.165, 1.54) is 0 Å². The van der Waals surface area contributed by atoms with Gasteiger partial charge in [-0.2, -0.15) is 0 Å². The van der Waals surface area contributed by atoms with Crippen LogP contribution in [0.5, 0.6) is 0 Å². The van der Waals surface area contributed by atoms with E-state index in [4.69, 9.17) is 8.85 Å². The van der Waals surface area contributed by atoms with Gasteiger partial charge in [0.15, 0.2) is 16.6 Å². The quantitative estimate of drug-likeness (QED) is 0.276. The molecule has 0 amide bonds. The smallest absolute Gasteiger partial charge is 0.192 e. The van der Waals surface area contributed by atoms with Crippen LogP contribution in [0, 0.1) is 11.3 Å². The third-order valence-electron chi connectivity index (χ3n) is 7.97. The Balaban J connectivity index is 3.12. The van der Waals surface area contributed by atoms with Gasteiger partial charge < -0.3 is 8.85 Å². The molecule has 1 aliphatic carbocycles. The lowest BCUT2D eigenvalue weighted by Gasteiger charge is -2.43. The normalized spacial score (nSPS) is 23.9. The lowest BCUT2D eigenvalue weighted by atomic mass is 9.79. The summed E-state index contributed by atoms with van der Waals surface area (Å²) < 4.78 is 13.4. The molecule has 0 N–H and O–H groups in total. The maximum absolute atomic E-state index is 6.97. The van der Waals surface area contributed by atoms with Crippen LogP contribution in [0.3, 0.4) is 0 Å². The summed E-state index contributed by atoms with van der Waals surface area (Å²) in [5.41, 5.74) is 0.0681. The molecule has 0 aromatic rings. The van der Waals surface area contributed by atoms with Crippen molar-refractivity contribution in [3.63, 3.8) is 0 Å². The van der Waals surface area contributed by atoms with Crippen LogP contribution in [0.25, 0.3) is 0 Å². The van der Waals surface area contributed by atoms with Gasteiger partial charge in [-0.1, -0.05) is 98.5 Å². The summed E-state index contributed by atoms with van der Waals surface area (Å²) in [5, 5.41) is 2.11. The van der Waals surface area contributed by atoms with Crippen LogP contribution in [0.2, 0.25) is 55.9 Å². The van der Waals surface area contributed by atoms with Crippen LogP contribution in [-0.4, -0.2) is 37.4 Å². The molecule has 0 spiro atoms. The predicted octanol–water partition coefficient (Wildman–Crippen LogP) is 8.41. The van der Waals surface area contributed by atoms with Gasteiger partial charge in [-0.05, 0) is 36.3 Å². The Morgan fingerprint density at radius 2 is 1.33 bits per heavy atom. The summed E-state index contributed by atoms with van der Waals surface area (Å²) >= 11 is 0. The first-order chi connectivity index (χ1) is 13.0. The average molecular weight is 469 g/mol. The molecule has 176 valence electrons. The van der Waals surface area contributed by atoms with Crippen LogP contribution in [0.1, 0.15) is 55.4 Å². The van der Waals surface area contributed by atoms with E-state index in [1.807, 2.05) is 0 Å². The molecule has 1 aliphatic rings. The van der Waals surface area contributed by atoms with Gasteiger partial charge in [-0.3, -0.25) is 0 Å². The van der Waals surface area contributed by atoms with Crippen molar-refractivity contribution in [3.05, 3.63) is 23.4 Å². The minimum absolute atomic E-state index is 0.0681. The van der Waals surface area contributed by atoms with Crippen LogP contribution in [0.4, 0.5) is 0 Å². The highest BCUT2D eigenvalue weighted by Crippen LogP contribution is 2.50. The monoisotopic (exact) mass is 468 g/mol. The van der Waals surface area contributed by atoms with E-state index >= 15 is 0 Å². The third-order valence-corrected chi connectivity index (χ3v) is 19.1. The van der Waals surface area contributed by atoms with Gasteiger partial charge in [0.2, 0.25) is 0 Å². The van der Waals surface area contributed by atoms with Crippen LogP contribution >= 0.6 is 0 Å². The number of hydrogen-bond acceptors (Lipinski definition) is 2. The lowest BCUT2D eigenvalue weighted by Crippen LogP contribution is -2.47. The fraction of sp³-hybridized carbons (Fsp3) is 0.840. The van der Waals surface area contributed by atoms with Gasteiger partial charge in [-0.15, -0.1) is 0 Å². The highest BCUT2D eigenvalue weighted by Gasteiger charge is 2.50. The van der Waals surface area contributed by atoms with E-state index in [0.29, 0.717) is 5.92 Å². The van der Waals surface area contributed by atoms with E-state index in [9.17, 15) is 0 Å². The van der Waals surface area contributed by atoms with E-state index in [0.717, 1.165) is 6.61 Å². The molecule has 1 rings (SSSR count). The molecule has 2 atom stereocenters. The molecular formula is C25H52O2Si3. The standard InChI is InChI=1S/C25H52O2Si3/c1-23(2,3)29(12,13)26-18-16-17-20-21(28(9,10)11)19-22(25(20,7)8)27-30(14,15)24(4,5)6/h16-17,19-20,22H,18H2,1-15H3/b17-16+/t20-,22-/m0/s1. The SMILES string of the molecule is CC1(C)[C@@H](O[Si](C)(C)C(C)(C)C)C=C([Si](C)(C)C)[C@@H]1/C=C/CO[Si](C)(C)C(C)(C)C. The van der Waals surface area contributed by atoms with Crippen molar-refractivity contribution in [2.75, 3.05) is 6.61 Å². The summed E-state index contributed by atoms with van der Waals surface area (Å²) in [7, 11) is -5.00. The van der Waals surface area contributed by atoms with Gasteiger partial charge in [0.05, 0.1) is 20.8 Å². The first kappa shape index (κ1) is 28.1. The summed E-state index contributed by atoms with van der Waals surface area (Å²) in [4.78, 5) is 0. The Morgan fingerprint density at radius 1 is 0.867 bits per heavy atom. The minimum atomic E-state index is -1.83. The molecule has 0 aliphatic heterocycles. The topological polar surface area (TPSA) is 18.5 Å². The molecule has 0 bridgehead atoms. The van der Waals surface area contributed by atoms with Crippen molar-refractivity contribution >= 4 is 24.7 Å². The molecule has 0 aromatic carbocycles.